The average Bonchev–Trinajstić information content (AvgIpc) is 2.73. The fraction of sp³-hybridized carbons (Fsp3) is 0.400. The van der Waals surface area contributed by atoms with Gasteiger partial charge in [-0.2, -0.15) is 4.31 Å². The Morgan fingerprint density at radius 1 is 1.04 bits per heavy atom. The number of para-hydroxylation sites is 2. The third-order valence-electron chi connectivity index (χ3n) is 5.22. The van der Waals surface area contributed by atoms with Crippen LogP contribution in [-0.4, -0.2) is 52.1 Å². The van der Waals surface area contributed by atoms with Gasteiger partial charge in [0.25, 0.3) is 0 Å². The highest BCUT2D eigenvalue weighted by Gasteiger charge is 2.34. The molecule has 0 bridgehead atoms. The second-order valence-corrected chi connectivity index (χ2v) is 8.85. The molecule has 1 atom stereocenters. The van der Waals surface area contributed by atoms with Gasteiger partial charge >= 0.3 is 0 Å². The van der Waals surface area contributed by atoms with Gasteiger partial charge in [0.1, 0.15) is 18.1 Å². The number of benzene rings is 2. The van der Waals surface area contributed by atoms with Gasteiger partial charge in [-0.05, 0) is 37.1 Å². The van der Waals surface area contributed by atoms with Crippen LogP contribution in [0.4, 0.5) is 5.69 Å². The monoisotopic (exact) mass is 388 g/mol. The lowest BCUT2D eigenvalue weighted by molar-refractivity contribution is 0.166. The van der Waals surface area contributed by atoms with Gasteiger partial charge in [-0.15, -0.1) is 0 Å². The fourth-order valence-electron chi connectivity index (χ4n) is 3.73. The summed E-state index contributed by atoms with van der Waals surface area (Å²) >= 11 is 0. The first kappa shape index (κ1) is 18.1. The summed E-state index contributed by atoms with van der Waals surface area (Å²) in [5, 5.41) is 0. The third-order valence-corrected chi connectivity index (χ3v) is 7.15. The molecular weight excluding hydrogens is 364 g/mol. The quantitative estimate of drug-likeness (QED) is 0.806. The molecule has 27 heavy (non-hydrogen) atoms. The SMILES string of the molecule is CN([C@H]1CCCN(c2ccccc2)C1)S(=O)(=O)c1cccc2c1OCCO2. The predicted octanol–water partition coefficient (Wildman–Crippen LogP) is 2.75. The topological polar surface area (TPSA) is 59.1 Å². The van der Waals surface area contributed by atoms with Gasteiger partial charge in [0, 0.05) is 31.9 Å². The highest BCUT2D eigenvalue weighted by molar-refractivity contribution is 7.89. The molecule has 0 N–H and O–H groups in total. The van der Waals surface area contributed by atoms with Crippen LogP contribution in [0.2, 0.25) is 0 Å². The summed E-state index contributed by atoms with van der Waals surface area (Å²) < 4.78 is 39.3. The van der Waals surface area contributed by atoms with E-state index in [9.17, 15) is 8.42 Å². The molecule has 2 aromatic carbocycles. The van der Waals surface area contributed by atoms with Gasteiger partial charge < -0.3 is 14.4 Å². The van der Waals surface area contributed by atoms with Crippen LogP contribution in [0.5, 0.6) is 11.5 Å². The molecule has 0 saturated carbocycles. The maximum Gasteiger partial charge on any atom is 0.246 e. The average molecular weight is 388 g/mol. The van der Waals surface area contributed by atoms with Crippen molar-refractivity contribution in [2.45, 2.75) is 23.8 Å². The Balaban J connectivity index is 1.59. The molecule has 144 valence electrons. The molecule has 2 aliphatic heterocycles. The van der Waals surface area contributed by atoms with Gasteiger partial charge in [0.15, 0.2) is 11.5 Å². The summed E-state index contributed by atoms with van der Waals surface area (Å²) in [5.41, 5.74) is 1.13. The lowest BCUT2D eigenvalue weighted by atomic mass is 10.1. The van der Waals surface area contributed by atoms with Gasteiger partial charge in [-0.1, -0.05) is 24.3 Å². The lowest BCUT2D eigenvalue weighted by Gasteiger charge is -2.38. The van der Waals surface area contributed by atoms with E-state index in [1.54, 1.807) is 25.2 Å². The summed E-state index contributed by atoms with van der Waals surface area (Å²) in [5.74, 6) is 0.816. The number of fused-ring (bicyclic) bond motifs is 1. The number of piperidine rings is 1. The van der Waals surface area contributed by atoms with Crippen LogP contribution in [0.1, 0.15) is 12.8 Å². The molecule has 2 aromatic rings. The first-order chi connectivity index (χ1) is 13.1. The summed E-state index contributed by atoms with van der Waals surface area (Å²) in [7, 11) is -2.02. The van der Waals surface area contributed by atoms with E-state index in [2.05, 4.69) is 17.0 Å². The van der Waals surface area contributed by atoms with E-state index in [1.807, 2.05) is 18.2 Å². The minimum Gasteiger partial charge on any atom is -0.486 e. The van der Waals surface area contributed by atoms with Crippen molar-refractivity contribution < 1.29 is 17.9 Å². The molecule has 0 radical (unpaired) electrons. The van der Waals surface area contributed by atoms with E-state index in [-0.39, 0.29) is 10.9 Å². The van der Waals surface area contributed by atoms with Crippen molar-refractivity contribution in [2.75, 3.05) is 38.3 Å². The lowest BCUT2D eigenvalue weighted by Crippen LogP contribution is -2.48. The van der Waals surface area contributed by atoms with Crippen molar-refractivity contribution >= 4 is 15.7 Å². The van der Waals surface area contributed by atoms with Crippen LogP contribution in [0.25, 0.3) is 0 Å². The van der Waals surface area contributed by atoms with Gasteiger partial charge in [0.05, 0.1) is 0 Å². The van der Waals surface area contributed by atoms with E-state index in [4.69, 9.17) is 9.47 Å². The summed E-state index contributed by atoms with van der Waals surface area (Å²) in [6.45, 7) is 2.40. The largest absolute Gasteiger partial charge is 0.486 e. The van der Waals surface area contributed by atoms with Crippen LogP contribution < -0.4 is 14.4 Å². The van der Waals surface area contributed by atoms with E-state index >= 15 is 0 Å². The zero-order valence-electron chi connectivity index (χ0n) is 15.4. The Morgan fingerprint density at radius 2 is 1.81 bits per heavy atom. The normalized spacial score (nSPS) is 19.9. The number of sulfonamides is 1. The second kappa shape index (κ2) is 7.40. The van der Waals surface area contributed by atoms with Crippen molar-refractivity contribution in [2.24, 2.45) is 0 Å². The highest BCUT2D eigenvalue weighted by Crippen LogP contribution is 2.38. The number of rotatable bonds is 4. The number of likely N-dealkylation sites (N-methyl/N-ethyl adjacent to an activating group) is 1. The van der Waals surface area contributed by atoms with Crippen molar-refractivity contribution in [1.29, 1.82) is 0 Å². The Morgan fingerprint density at radius 3 is 2.63 bits per heavy atom. The molecule has 0 aliphatic carbocycles. The number of anilines is 1. The number of nitrogens with zero attached hydrogens (tertiary/aromatic N) is 2. The molecule has 0 unspecified atom stereocenters. The van der Waals surface area contributed by atoms with Crippen LogP contribution in [0, 0.1) is 0 Å². The van der Waals surface area contributed by atoms with E-state index in [1.165, 1.54) is 4.31 Å². The van der Waals surface area contributed by atoms with Crippen molar-refractivity contribution in [3.63, 3.8) is 0 Å². The van der Waals surface area contributed by atoms with Crippen molar-refractivity contribution in [3.05, 3.63) is 48.5 Å². The Labute approximate surface area is 160 Å². The maximum atomic E-state index is 13.3. The van der Waals surface area contributed by atoms with E-state index in [0.29, 0.717) is 31.3 Å². The molecule has 6 nitrogen and oxygen atoms in total. The smallest absolute Gasteiger partial charge is 0.246 e. The van der Waals surface area contributed by atoms with Gasteiger partial charge in [-0.3, -0.25) is 0 Å². The standard InChI is InChI=1S/C20H24N2O4S/c1-21(17-9-6-12-22(15-17)16-7-3-2-4-8-16)27(23,24)19-11-5-10-18-20(19)26-14-13-25-18/h2-5,7-8,10-11,17H,6,9,12-15H2,1H3/t17-/m0/s1. The van der Waals surface area contributed by atoms with Crippen LogP contribution in [-0.2, 0) is 10.0 Å². The molecule has 7 heteroatoms. The van der Waals surface area contributed by atoms with Crippen LogP contribution in [0.15, 0.2) is 53.4 Å². The van der Waals surface area contributed by atoms with E-state index in [0.717, 1.165) is 25.1 Å². The second-order valence-electron chi connectivity index (χ2n) is 6.88. The molecule has 1 saturated heterocycles. The van der Waals surface area contributed by atoms with Gasteiger partial charge in [-0.25, -0.2) is 8.42 Å². The highest BCUT2D eigenvalue weighted by atomic mass is 32.2. The Kier molecular flexibility index (Phi) is 4.97. The summed E-state index contributed by atoms with van der Waals surface area (Å²) in [4.78, 5) is 2.43. The Hall–Kier alpha value is -2.25. The van der Waals surface area contributed by atoms with Crippen molar-refractivity contribution in [3.8, 4) is 11.5 Å². The molecule has 4 rings (SSSR count). The van der Waals surface area contributed by atoms with E-state index < -0.39 is 10.0 Å². The number of ether oxygens (including phenoxy) is 2. The molecule has 2 aliphatic rings. The molecule has 0 aromatic heterocycles. The minimum absolute atomic E-state index is 0.0932. The van der Waals surface area contributed by atoms with Crippen molar-refractivity contribution in [1.82, 2.24) is 4.31 Å². The molecule has 0 spiro atoms. The predicted molar refractivity (Wildman–Crippen MR) is 104 cm³/mol. The van der Waals surface area contributed by atoms with Crippen LogP contribution in [0.3, 0.4) is 0 Å². The fourth-order valence-corrected chi connectivity index (χ4v) is 5.25. The minimum atomic E-state index is -3.68. The molecular formula is C20H24N2O4S. The maximum absolute atomic E-state index is 13.3. The molecule has 2 heterocycles. The van der Waals surface area contributed by atoms with Crippen LogP contribution >= 0.6 is 0 Å². The zero-order chi connectivity index (χ0) is 18.9. The molecule has 1 fully saturated rings. The van der Waals surface area contributed by atoms with Gasteiger partial charge in [0.2, 0.25) is 10.0 Å². The molecule has 0 amide bonds. The zero-order valence-corrected chi connectivity index (χ0v) is 16.2. The summed E-state index contributed by atoms with van der Waals surface area (Å²) in [6.07, 6.45) is 1.79. The first-order valence-electron chi connectivity index (χ1n) is 9.24. The number of hydrogen-bond donors (Lipinski definition) is 0. The third kappa shape index (κ3) is 3.49. The summed E-state index contributed by atoms with van der Waals surface area (Å²) in [6, 6.07) is 15.1. The number of hydrogen-bond acceptors (Lipinski definition) is 5. The first-order valence-corrected chi connectivity index (χ1v) is 10.7. The Bertz CT molecular complexity index is 901.